The SMILES string of the molecule is C#CCCCC(NCCC)c1cc(F)ccc1C(F)(F)F. The Balaban J connectivity index is 3.09. The Bertz CT molecular complexity index is 488. The summed E-state index contributed by atoms with van der Waals surface area (Å²) in [6.45, 7) is 2.48. The molecule has 1 nitrogen and oxygen atoms in total. The van der Waals surface area contributed by atoms with Crippen molar-refractivity contribution in [1.82, 2.24) is 5.32 Å². The lowest BCUT2D eigenvalue weighted by Gasteiger charge is -2.23. The Morgan fingerprint density at radius 2 is 2.05 bits per heavy atom. The summed E-state index contributed by atoms with van der Waals surface area (Å²) in [6, 6.07) is 2.05. The Morgan fingerprint density at radius 3 is 2.62 bits per heavy atom. The topological polar surface area (TPSA) is 12.0 Å². The molecule has 21 heavy (non-hydrogen) atoms. The van der Waals surface area contributed by atoms with Crippen molar-refractivity contribution in [2.45, 2.75) is 44.8 Å². The maximum absolute atomic E-state index is 13.4. The van der Waals surface area contributed by atoms with Crippen molar-refractivity contribution in [3.63, 3.8) is 0 Å². The van der Waals surface area contributed by atoms with Gasteiger partial charge in [-0.25, -0.2) is 4.39 Å². The minimum Gasteiger partial charge on any atom is -0.310 e. The Hall–Kier alpha value is -1.54. The van der Waals surface area contributed by atoms with E-state index in [0.29, 0.717) is 25.8 Å². The highest BCUT2D eigenvalue weighted by atomic mass is 19.4. The van der Waals surface area contributed by atoms with Gasteiger partial charge in [0.25, 0.3) is 0 Å². The zero-order valence-corrected chi connectivity index (χ0v) is 11.9. The largest absolute Gasteiger partial charge is 0.416 e. The minimum absolute atomic E-state index is 0.0482. The van der Waals surface area contributed by atoms with Gasteiger partial charge in [-0.3, -0.25) is 0 Å². The molecule has 1 aromatic carbocycles. The smallest absolute Gasteiger partial charge is 0.310 e. The summed E-state index contributed by atoms with van der Waals surface area (Å²) in [5, 5.41) is 3.05. The van der Waals surface area contributed by atoms with Crippen molar-refractivity contribution in [2.24, 2.45) is 0 Å². The normalized spacial score (nSPS) is 13.0. The quantitative estimate of drug-likeness (QED) is 0.438. The van der Waals surface area contributed by atoms with Crippen LogP contribution in [0.4, 0.5) is 17.6 Å². The molecule has 0 radical (unpaired) electrons. The first kappa shape index (κ1) is 17.5. The Kier molecular flexibility index (Phi) is 6.70. The monoisotopic (exact) mass is 301 g/mol. The van der Waals surface area contributed by atoms with E-state index in [4.69, 9.17) is 6.42 Å². The minimum atomic E-state index is -4.50. The van der Waals surface area contributed by atoms with Gasteiger partial charge in [0.2, 0.25) is 0 Å². The van der Waals surface area contributed by atoms with Crippen LogP contribution in [-0.4, -0.2) is 6.54 Å². The first-order valence-corrected chi connectivity index (χ1v) is 6.93. The molecule has 0 spiro atoms. The van der Waals surface area contributed by atoms with Gasteiger partial charge >= 0.3 is 6.18 Å². The van der Waals surface area contributed by atoms with Crippen LogP contribution in [-0.2, 0) is 6.18 Å². The molecule has 5 heteroatoms. The third-order valence-corrected chi connectivity index (χ3v) is 3.15. The lowest BCUT2D eigenvalue weighted by Crippen LogP contribution is -2.25. The van der Waals surface area contributed by atoms with Crippen molar-refractivity contribution in [1.29, 1.82) is 0 Å². The summed E-state index contributed by atoms with van der Waals surface area (Å²) in [5.41, 5.74) is -0.841. The fourth-order valence-electron chi connectivity index (χ4n) is 2.17. The molecule has 116 valence electrons. The molecule has 0 aliphatic rings. The average molecular weight is 301 g/mol. The van der Waals surface area contributed by atoms with E-state index >= 15 is 0 Å². The Morgan fingerprint density at radius 1 is 1.33 bits per heavy atom. The lowest BCUT2D eigenvalue weighted by atomic mass is 9.95. The highest BCUT2D eigenvalue weighted by Crippen LogP contribution is 2.36. The molecule has 0 aromatic heterocycles. The molecule has 0 saturated carbocycles. The number of rotatable bonds is 7. The van der Waals surface area contributed by atoms with Gasteiger partial charge in [-0.15, -0.1) is 12.3 Å². The molecule has 0 heterocycles. The van der Waals surface area contributed by atoms with Crippen molar-refractivity contribution in [3.8, 4) is 12.3 Å². The van der Waals surface area contributed by atoms with E-state index in [-0.39, 0.29) is 5.56 Å². The van der Waals surface area contributed by atoms with E-state index in [9.17, 15) is 17.6 Å². The number of terminal acetylenes is 1. The van der Waals surface area contributed by atoms with Gasteiger partial charge in [-0.1, -0.05) is 6.92 Å². The van der Waals surface area contributed by atoms with Crippen LogP contribution in [0.1, 0.15) is 49.8 Å². The molecule has 0 amide bonds. The van der Waals surface area contributed by atoms with Crippen molar-refractivity contribution < 1.29 is 17.6 Å². The second-order valence-corrected chi connectivity index (χ2v) is 4.83. The molecule has 0 fully saturated rings. The lowest BCUT2D eigenvalue weighted by molar-refractivity contribution is -0.138. The molecular formula is C16H19F4N. The second-order valence-electron chi connectivity index (χ2n) is 4.83. The number of hydrogen-bond acceptors (Lipinski definition) is 1. The van der Waals surface area contributed by atoms with Crippen LogP contribution in [0.5, 0.6) is 0 Å². The number of alkyl halides is 3. The van der Waals surface area contributed by atoms with Crippen LogP contribution in [0, 0.1) is 18.2 Å². The number of halogens is 4. The van der Waals surface area contributed by atoms with Gasteiger partial charge in [0.05, 0.1) is 5.56 Å². The molecule has 0 bridgehead atoms. The van der Waals surface area contributed by atoms with Gasteiger partial charge in [-0.2, -0.15) is 13.2 Å². The van der Waals surface area contributed by atoms with Gasteiger partial charge in [0.1, 0.15) is 5.82 Å². The summed E-state index contributed by atoms with van der Waals surface area (Å²) in [4.78, 5) is 0. The molecule has 0 aliphatic heterocycles. The van der Waals surface area contributed by atoms with Crippen LogP contribution in [0.2, 0.25) is 0 Å². The standard InChI is InChI=1S/C16H19F4N/c1-3-5-6-7-15(21-10-4-2)13-11-12(17)8-9-14(13)16(18,19)20/h1,8-9,11,15,21H,4-7,10H2,2H3. The van der Waals surface area contributed by atoms with Gasteiger partial charge in [0.15, 0.2) is 0 Å². The number of unbranched alkanes of at least 4 members (excludes halogenated alkanes) is 1. The van der Waals surface area contributed by atoms with Crippen molar-refractivity contribution in [3.05, 3.63) is 35.1 Å². The van der Waals surface area contributed by atoms with E-state index < -0.39 is 23.6 Å². The van der Waals surface area contributed by atoms with E-state index in [2.05, 4.69) is 11.2 Å². The molecule has 1 atom stereocenters. The van der Waals surface area contributed by atoms with E-state index in [0.717, 1.165) is 24.6 Å². The predicted molar refractivity (Wildman–Crippen MR) is 75.1 cm³/mol. The summed E-state index contributed by atoms with van der Waals surface area (Å²) in [5.74, 6) is 1.79. The van der Waals surface area contributed by atoms with Crippen LogP contribution in [0.3, 0.4) is 0 Å². The summed E-state index contributed by atoms with van der Waals surface area (Å²) < 4.78 is 52.6. The van der Waals surface area contributed by atoms with Crippen molar-refractivity contribution in [2.75, 3.05) is 6.54 Å². The van der Waals surface area contributed by atoms with E-state index in [1.165, 1.54) is 0 Å². The third kappa shape index (κ3) is 5.39. The maximum atomic E-state index is 13.4. The predicted octanol–water partition coefficient (Wildman–Crippen LogP) is 4.69. The molecule has 0 aliphatic carbocycles. The second kappa shape index (κ2) is 8.04. The average Bonchev–Trinajstić information content (AvgIpc) is 2.41. The van der Waals surface area contributed by atoms with Gasteiger partial charge in [0, 0.05) is 12.5 Å². The molecule has 1 rings (SSSR count). The van der Waals surface area contributed by atoms with E-state index in [1.807, 2.05) is 6.92 Å². The summed E-state index contributed by atoms with van der Waals surface area (Å²) in [7, 11) is 0. The third-order valence-electron chi connectivity index (χ3n) is 3.15. The van der Waals surface area contributed by atoms with Crippen molar-refractivity contribution >= 4 is 0 Å². The van der Waals surface area contributed by atoms with Crippen LogP contribution >= 0.6 is 0 Å². The number of hydrogen-bond donors (Lipinski definition) is 1. The van der Waals surface area contributed by atoms with Gasteiger partial charge < -0.3 is 5.32 Å². The summed E-state index contributed by atoms with van der Waals surface area (Å²) in [6.07, 6.45) is 2.97. The van der Waals surface area contributed by atoms with E-state index in [1.54, 1.807) is 0 Å². The maximum Gasteiger partial charge on any atom is 0.416 e. The van der Waals surface area contributed by atoms with Crippen LogP contribution in [0.25, 0.3) is 0 Å². The fraction of sp³-hybridized carbons (Fsp3) is 0.500. The van der Waals surface area contributed by atoms with Gasteiger partial charge in [-0.05, 0) is 49.6 Å². The number of nitrogens with one attached hydrogen (secondary N) is 1. The molecular weight excluding hydrogens is 282 g/mol. The van der Waals surface area contributed by atoms with Crippen LogP contribution < -0.4 is 5.32 Å². The highest BCUT2D eigenvalue weighted by molar-refractivity contribution is 5.33. The fourth-order valence-corrected chi connectivity index (χ4v) is 2.17. The first-order valence-electron chi connectivity index (χ1n) is 6.93. The summed E-state index contributed by atoms with van der Waals surface area (Å²) >= 11 is 0. The molecule has 1 aromatic rings. The first-order chi connectivity index (χ1) is 9.90. The van der Waals surface area contributed by atoms with Crippen LogP contribution in [0.15, 0.2) is 18.2 Å². The number of benzene rings is 1. The zero-order valence-electron chi connectivity index (χ0n) is 11.9. The zero-order chi connectivity index (χ0) is 15.9. The highest BCUT2D eigenvalue weighted by Gasteiger charge is 2.35. The molecule has 1 N–H and O–H groups in total. The Labute approximate surface area is 122 Å². The molecule has 0 saturated heterocycles. The molecule has 1 unspecified atom stereocenters.